The van der Waals surface area contributed by atoms with Crippen LogP contribution in [0.15, 0.2) is 12.2 Å². The average Bonchev–Trinajstić information content (AvgIpc) is 2.10. The molecule has 0 aromatic heterocycles. The molecule has 3 N–H and O–H groups in total. The van der Waals surface area contributed by atoms with Gasteiger partial charge in [0.05, 0.1) is 5.92 Å². The summed E-state index contributed by atoms with van der Waals surface area (Å²) >= 11 is 0. The second-order valence-electron chi connectivity index (χ2n) is 2.66. The van der Waals surface area contributed by atoms with Crippen LogP contribution >= 0.6 is 0 Å². The zero-order valence-corrected chi connectivity index (χ0v) is 7.56. The number of hydrogen-bond acceptors (Lipinski definition) is 3. The molecule has 0 rings (SSSR count). The number of hydrogen-bond donors (Lipinski definition) is 3. The predicted molar refractivity (Wildman–Crippen MR) is 46.6 cm³/mol. The molecular formula is C8H11NO5. The van der Waals surface area contributed by atoms with E-state index in [1.165, 1.54) is 6.92 Å². The molecule has 1 atom stereocenters. The topological polar surface area (TPSA) is 104 Å². The van der Waals surface area contributed by atoms with Gasteiger partial charge in [0.2, 0.25) is 5.91 Å². The summed E-state index contributed by atoms with van der Waals surface area (Å²) in [6.07, 6.45) is 1.51. The molecule has 0 aromatic rings. The lowest BCUT2D eigenvalue weighted by Crippen LogP contribution is -2.30. The highest BCUT2D eigenvalue weighted by Gasteiger charge is 2.10. The van der Waals surface area contributed by atoms with Crippen LogP contribution in [0.1, 0.15) is 6.92 Å². The molecule has 0 aliphatic carbocycles. The van der Waals surface area contributed by atoms with Crippen molar-refractivity contribution in [3.63, 3.8) is 0 Å². The molecule has 0 saturated heterocycles. The van der Waals surface area contributed by atoms with E-state index in [2.05, 4.69) is 5.32 Å². The molecule has 0 saturated carbocycles. The van der Waals surface area contributed by atoms with Crippen molar-refractivity contribution in [2.75, 3.05) is 6.54 Å². The standard InChI is InChI=1S/C8H11NO5/c1-5(8(13)14)4-9-6(10)2-3-7(11)12/h2-3,5H,4H2,1H3,(H,9,10)(H,11,12)(H,13,14). The summed E-state index contributed by atoms with van der Waals surface area (Å²) in [7, 11) is 0. The number of carbonyl (C=O) groups excluding carboxylic acids is 1. The Bertz CT molecular complexity index is 271. The molecule has 0 aliphatic rings. The third kappa shape index (κ3) is 5.76. The van der Waals surface area contributed by atoms with E-state index in [-0.39, 0.29) is 6.54 Å². The summed E-state index contributed by atoms with van der Waals surface area (Å²) in [4.78, 5) is 31.1. The molecule has 0 radical (unpaired) electrons. The fraction of sp³-hybridized carbons (Fsp3) is 0.375. The number of carbonyl (C=O) groups is 3. The normalized spacial score (nSPS) is 12.4. The molecule has 0 spiro atoms. The number of carboxylic acids is 2. The molecule has 0 aliphatic heterocycles. The van der Waals surface area contributed by atoms with Crippen LogP contribution in [0, 0.1) is 5.92 Å². The SMILES string of the molecule is CC(CNC(=O)C=CC(=O)O)C(=O)O. The molecule has 0 fully saturated rings. The molecule has 0 aromatic carbocycles. The van der Waals surface area contributed by atoms with Gasteiger partial charge in [-0.15, -0.1) is 0 Å². The maximum absolute atomic E-state index is 10.8. The van der Waals surface area contributed by atoms with E-state index in [1.807, 2.05) is 0 Å². The van der Waals surface area contributed by atoms with Gasteiger partial charge in [-0.25, -0.2) is 4.79 Å². The van der Waals surface area contributed by atoms with E-state index in [1.54, 1.807) is 0 Å². The second kappa shape index (κ2) is 5.74. The summed E-state index contributed by atoms with van der Waals surface area (Å²) in [5, 5.41) is 18.9. The second-order valence-corrected chi connectivity index (χ2v) is 2.66. The number of amides is 1. The maximum atomic E-state index is 10.8. The lowest BCUT2D eigenvalue weighted by Gasteiger charge is -2.05. The van der Waals surface area contributed by atoms with E-state index in [9.17, 15) is 14.4 Å². The Morgan fingerprint density at radius 1 is 1.29 bits per heavy atom. The predicted octanol–water partition coefficient (Wildman–Crippen LogP) is -0.536. The number of carboxylic acid groups (broad SMARTS) is 2. The molecule has 78 valence electrons. The van der Waals surface area contributed by atoms with Gasteiger partial charge in [-0.3, -0.25) is 9.59 Å². The van der Waals surface area contributed by atoms with Crippen molar-refractivity contribution in [3.8, 4) is 0 Å². The number of rotatable bonds is 5. The van der Waals surface area contributed by atoms with Crippen molar-refractivity contribution in [2.45, 2.75) is 6.92 Å². The summed E-state index contributed by atoms with van der Waals surface area (Å²) < 4.78 is 0. The lowest BCUT2D eigenvalue weighted by molar-refractivity contribution is -0.141. The van der Waals surface area contributed by atoms with Crippen molar-refractivity contribution in [3.05, 3.63) is 12.2 Å². The number of nitrogens with one attached hydrogen (secondary N) is 1. The van der Waals surface area contributed by atoms with Crippen LogP contribution in [0.5, 0.6) is 0 Å². The Kier molecular flexibility index (Phi) is 4.98. The van der Waals surface area contributed by atoms with Gasteiger partial charge in [0, 0.05) is 18.7 Å². The first kappa shape index (κ1) is 12.2. The quantitative estimate of drug-likeness (QED) is 0.518. The summed E-state index contributed by atoms with van der Waals surface area (Å²) in [6, 6.07) is 0. The Morgan fingerprint density at radius 3 is 2.29 bits per heavy atom. The minimum absolute atomic E-state index is 0.0296. The Morgan fingerprint density at radius 2 is 1.86 bits per heavy atom. The van der Waals surface area contributed by atoms with Crippen molar-refractivity contribution in [1.29, 1.82) is 0 Å². The molecule has 6 heteroatoms. The van der Waals surface area contributed by atoms with Gasteiger partial charge >= 0.3 is 11.9 Å². The van der Waals surface area contributed by atoms with Crippen LogP contribution in [0.4, 0.5) is 0 Å². The average molecular weight is 201 g/mol. The van der Waals surface area contributed by atoms with Gasteiger partial charge in [0.15, 0.2) is 0 Å². The van der Waals surface area contributed by atoms with Gasteiger partial charge in [-0.1, -0.05) is 6.92 Å². The highest BCUT2D eigenvalue weighted by atomic mass is 16.4. The zero-order chi connectivity index (χ0) is 11.1. The molecule has 1 amide bonds. The van der Waals surface area contributed by atoms with Crippen molar-refractivity contribution >= 4 is 17.8 Å². The lowest BCUT2D eigenvalue weighted by atomic mass is 10.2. The van der Waals surface area contributed by atoms with Gasteiger partial charge in [-0.05, 0) is 0 Å². The van der Waals surface area contributed by atoms with Crippen molar-refractivity contribution in [2.24, 2.45) is 5.92 Å². The fourth-order valence-electron chi connectivity index (χ4n) is 0.547. The Labute approximate surface area is 80.2 Å². The van der Waals surface area contributed by atoms with E-state index in [0.717, 1.165) is 6.08 Å². The first-order chi connectivity index (χ1) is 6.43. The minimum atomic E-state index is -1.23. The van der Waals surface area contributed by atoms with Crippen molar-refractivity contribution < 1.29 is 24.6 Å². The molecule has 0 heterocycles. The van der Waals surface area contributed by atoms with E-state index in [0.29, 0.717) is 6.08 Å². The van der Waals surface area contributed by atoms with Crippen LogP contribution < -0.4 is 5.32 Å². The first-order valence-electron chi connectivity index (χ1n) is 3.85. The maximum Gasteiger partial charge on any atom is 0.328 e. The van der Waals surface area contributed by atoms with E-state index in [4.69, 9.17) is 10.2 Å². The van der Waals surface area contributed by atoms with Gasteiger partial charge in [0.1, 0.15) is 0 Å². The fourth-order valence-corrected chi connectivity index (χ4v) is 0.547. The van der Waals surface area contributed by atoms with Crippen LogP contribution in [-0.2, 0) is 14.4 Å². The molecule has 0 bridgehead atoms. The summed E-state index contributed by atoms with van der Waals surface area (Å²) in [5.74, 6) is -3.57. The van der Waals surface area contributed by atoms with E-state index >= 15 is 0 Å². The number of aliphatic carboxylic acids is 2. The van der Waals surface area contributed by atoms with Crippen LogP contribution in [0.25, 0.3) is 0 Å². The van der Waals surface area contributed by atoms with Gasteiger partial charge in [0.25, 0.3) is 0 Å². The summed E-state index contributed by atoms with van der Waals surface area (Å²) in [6.45, 7) is 1.40. The first-order valence-corrected chi connectivity index (χ1v) is 3.85. The largest absolute Gasteiger partial charge is 0.481 e. The van der Waals surface area contributed by atoms with E-state index < -0.39 is 23.8 Å². The van der Waals surface area contributed by atoms with Crippen LogP contribution in [0.2, 0.25) is 0 Å². The smallest absolute Gasteiger partial charge is 0.328 e. The van der Waals surface area contributed by atoms with Gasteiger partial charge in [-0.2, -0.15) is 0 Å². The molecule has 14 heavy (non-hydrogen) atoms. The molecule has 6 nitrogen and oxygen atoms in total. The molecule has 1 unspecified atom stereocenters. The van der Waals surface area contributed by atoms with Crippen molar-refractivity contribution in [1.82, 2.24) is 5.32 Å². The third-order valence-corrected chi connectivity index (χ3v) is 1.38. The summed E-state index contributed by atoms with van der Waals surface area (Å²) in [5.41, 5.74) is 0. The Balaban J connectivity index is 3.86. The van der Waals surface area contributed by atoms with Crippen LogP contribution in [-0.4, -0.2) is 34.6 Å². The monoisotopic (exact) mass is 201 g/mol. The Hall–Kier alpha value is -1.85. The zero-order valence-electron chi connectivity index (χ0n) is 7.56. The van der Waals surface area contributed by atoms with Crippen LogP contribution in [0.3, 0.4) is 0 Å². The third-order valence-electron chi connectivity index (χ3n) is 1.38. The highest BCUT2D eigenvalue weighted by Crippen LogP contribution is 1.91. The highest BCUT2D eigenvalue weighted by molar-refractivity contribution is 5.94. The molecular weight excluding hydrogens is 190 g/mol. The minimum Gasteiger partial charge on any atom is -0.481 e. The van der Waals surface area contributed by atoms with Gasteiger partial charge < -0.3 is 15.5 Å².